The lowest BCUT2D eigenvalue weighted by atomic mass is 9.66. The van der Waals surface area contributed by atoms with Crippen LogP contribution < -0.4 is 4.74 Å². The van der Waals surface area contributed by atoms with Gasteiger partial charge in [0.15, 0.2) is 9.84 Å². The van der Waals surface area contributed by atoms with Crippen LogP contribution in [0.5, 0.6) is 5.75 Å². The molecule has 1 aliphatic heterocycles. The van der Waals surface area contributed by atoms with Crippen molar-refractivity contribution < 1.29 is 36.7 Å². The van der Waals surface area contributed by atoms with Crippen molar-refractivity contribution in [3.8, 4) is 5.75 Å². The minimum Gasteiger partial charge on any atom is -0.496 e. The van der Waals surface area contributed by atoms with Crippen LogP contribution in [0.4, 0.5) is 4.39 Å². The number of likely N-dealkylation sites (tertiary alicyclic amines) is 1. The number of benzene rings is 3. The Bertz CT molecular complexity index is 1940. The second-order valence-electron chi connectivity index (χ2n) is 15.0. The average Bonchev–Trinajstić information content (AvgIpc) is 3.91. The van der Waals surface area contributed by atoms with Gasteiger partial charge in [-0.25, -0.2) is 17.6 Å². The topological polar surface area (TPSA) is 107 Å². The fourth-order valence-electron chi connectivity index (χ4n) is 7.20. The molecule has 0 unspecified atom stereocenters. The molecule has 0 radical (unpaired) electrons. The maximum Gasteiger partial charge on any atom is 0.341 e. The maximum atomic E-state index is 15.2. The summed E-state index contributed by atoms with van der Waals surface area (Å²) in [5.74, 6) is -2.44. The summed E-state index contributed by atoms with van der Waals surface area (Å²) >= 11 is 12.6. The first kappa shape index (κ1) is 38.8. The number of ketones is 1. The quantitative estimate of drug-likeness (QED) is 0.172. The van der Waals surface area contributed by atoms with Gasteiger partial charge in [0.25, 0.3) is 0 Å². The van der Waals surface area contributed by atoms with Gasteiger partial charge in [-0.15, -0.1) is 0 Å². The number of piperidine rings is 1. The molecule has 2 fully saturated rings. The van der Waals surface area contributed by atoms with E-state index in [-0.39, 0.29) is 59.0 Å². The fraction of sp³-hybridized carbons (Fsp3) is 0.462. The Hall–Kier alpha value is -3.47. The van der Waals surface area contributed by atoms with Gasteiger partial charge in [-0.2, -0.15) is 0 Å². The lowest BCUT2D eigenvalue weighted by molar-refractivity contribution is -0.157. The molecule has 0 bridgehead atoms. The summed E-state index contributed by atoms with van der Waals surface area (Å²) in [6, 6.07) is 14.9. The Morgan fingerprint density at radius 1 is 1.02 bits per heavy atom. The lowest BCUT2D eigenvalue weighted by Gasteiger charge is -2.52. The largest absolute Gasteiger partial charge is 0.496 e. The summed E-state index contributed by atoms with van der Waals surface area (Å²) in [7, 11) is -1.04. The number of Topliss-reactive ketones (excluding diaryl/α,β-unsaturated/α-hetero) is 1. The minimum absolute atomic E-state index is 0.0429. The summed E-state index contributed by atoms with van der Waals surface area (Å²) in [4.78, 5) is 42.9. The predicted octanol–water partition coefficient (Wildman–Crippen LogP) is 8.19. The van der Waals surface area contributed by atoms with Gasteiger partial charge in [0.2, 0.25) is 5.91 Å². The van der Waals surface area contributed by atoms with Crippen molar-refractivity contribution in [3.63, 3.8) is 0 Å². The first-order valence-corrected chi connectivity index (χ1v) is 19.3. The van der Waals surface area contributed by atoms with Crippen molar-refractivity contribution in [2.24, 2.45) is 11.3 Å². The van der Waals surface area contributed by atoms with Gasteiger partial charge in [-0.3, -0.25) is 9.59 Å². The van der Waals surface area contributed by atoms with Gasteiger partial charge in [0.1, 0.15) is 22.9 Å². The molecule has 12 heteroatoms. The number of carbonyl (C=O) groups excluding carboxylic acids is 3. The molecule has 1 saturated carbocycles. The molecule has 1 aliphatic carbocycles. The molecule has 3 aromatic rings. The van der Waals surface area contributed by atoms with Gasteiger partial charge in [-0.05, 0) is 99.0 Å². The number of esters is 1. The van der Waals surface area contributed by atoms with E-state index in [9.17, 15) is 18.0 Å². The highest BCUT2D eigenvalue weighted by Gasteiger charge is 2.55. The Labute approximate surface area is 309 Å². The van der Waals surface area contributed by atoms with E-state index in [1.807, 2.05) is 6.07 Å². The standard InChI is InChI=1S/C39H44Cl2FNO7S/c1-38(2,3)51(47,48)22-33(24-11-12-24)43-35(26-13-15-31(41)32(42)19-26)30(25-8-7-9-27(40)18-25)21-39(4,37(43)46)20-28(44)16-23-10-14-29(36(45)50-6)34(17-23)49-5/h7-10,13-15,17-19,24,30,33,35H,11-12,16,20-22H2,1-6H3/t30-,33-,35-,39+/m1/s1. The number of carbonyl (C=O) groups is 3. The van der Waals surface area contributed by atoms with Gasteiger partial charge in [0, 0.05) is 29.8 Å². The molecule has 274 valence electrons. The highest BCUT2D eigenvalue weighted by Crippen LogP contribution is 2.54. The van der Waals surface area contributed by atoms with Gasteiger partial charge in [-0.1, -0.05) is 54.4 Å². The van der Waals surface area contributed by atoms with Crippen molar-refractivity contribution in [2.75, 3.05) is 20.0 Å². The Morgan fingerprint density at radius 2 is 1.73 bits per heavy atom. The molecule has 1 saturated heterocycles. The second kappa shape index (κ2) is 14.9. The average molecular weight is 761 g/mol. The van der Waals surface area contributed by atoms with Crippen molar-refractivity contribution in [1.82, 2.24) is 4.90 Å². The van der Waals surface area contributed by atoms with Gasteiger partial charge < -0.3 is 14.4 Å². The molecule has 4 atom stereocenters. The first-order valence-electron chi connectivity index (χ1n) is 16.9. The van der Waals surface area contributed by atoms with E-state index in [0.29, 0.717) is 16.1 Å². The zero-order valence-corrected chi connectivity index (χ0v) is 32.0. The summed E-state index contributed by atoms with van der Waals surface area (Å²) in [6.07, 6.45) is 1.48. The number of ether oxygens (including phenoxy) is 2. The normalized spacial score (nSPS) is 21.7. The summed E-state index contributed by atoms with van der Waals surface area (Å²) < 4.78 is 52.0. The molecule has 3 aromatic carbocycles. The first-order chi connectivity index (χ1) is 23.9. The third-order valence-electron chi connectivity index (χ3n) is 10.2. The van der Waals surface area contributed by atoms with Crippen LogP contribution in [-0.4, -0.2) is 61.7 Å². The molecular formula is C39H44Cl2FNO7S. The Kier molecular flexibility index (Phi) is 11.3. The molecule has 51 heavy (non-hydrogen) atoms. The minimum atomic E-state index is -3.73. The van der Waals surface area contributed by atoms with Crippen LogP contribution in [0, 0.1) is 17.2 Å². The molecule has 1 amide bonds. The number of halogens is 3. The van der Waals surface area contributed by atoms with Crippen LogP contribution in [0.25, 0.3) is 0 Å². The molecule has 1 heterocycles. The Morgan fingerprint density at radius 3 is 2.31 bits per heavy atom. The molecule has 5 rings (SSSR count). The van der Waals surface area contributed by atoms with E-state index in [1.54, 1.807) is 69.0 Å². The number of nitrogens with zero attached hydrogens (tertiary/aromatic N) is 1. The van der Waals surface area contributed by atoms with E-state index < -0.39 is 49.8 Å². The van der Waals surface area contributed by atoms with Crippen molar-refractivity contribution in [1.29, 1.82) is 0 Å². The number of methoxy groups -OCH3 is 2. The van der Waals surface area contributed by atoms with Crippen LogP contribution in [-0.2, 0) is 30.6 Å². The van der Waals surface area contributed by atoms with Crippen molar-refractivity contribution >= 4 is 50.7 Å². The molecule has 0 N–H and O–H groups in total. The molecule has 2 aliphatic rings. The zero-order valence-electron chi connectivity index (χ0n) is 29.7. The van der Waals surface area contributed by atoms with E-state index >= 15 is 9.18 Å². The summed E-state index contributed by atoms with van der Waals surface area (Å²) in [6.45, 7) is 6.67. The van der Waals surface area contributed by atoms with Crippen LogP contribution in [0.15, 0.2) is 60.7 Å². The third-order valence-corrected chi connectivity index (χ3v) is 13.4. The number of hydrogen-bond donors (Lipinski definition) is 0. The SMILES string of the molecule is COC(=O)c1ccc(CC(=O)C[C@@]2(C)C[C@H](c3cccc(Cl)c3)[C@@H](c3ccc(Cl)c(F)c3)N([C@H](CS(=O)(=O)C(C)(C)C)C3CC3)C2=O)cc1OC. The van der Waals surface area contributed by atoms with Crippen LogP contribution in [0.2, 0.25) is 10.0 Å². The van der Waals surface area contributed by atoms with Crippen LogP contribution in [0.1, 0.15) is 92.4 Å². The van der Waals surface area contributed by atoms with Crippen molar-refractivity contribution in [2.45, 2.75) is 82.5 Å². The fourth-order valence-corrected chi connectivity index (χ4v) is 8.89. The van der Waals surface area contributed by atoms with Crippen LogP contribution in [0.3, 0.4) is 0 Å². The van der Waals surface area contributed by atoms with E-state index in [1.165, 1.54) is 32.4 Å². The summed E-state index contributed by atoms with van der Waals surface area (Å²) in [5, 5.41) is 0.389. The number of hydrogen-bond acceptors (Lipinski definition) is 7. The summed E-state index contributed by atoms with van der Waals surface area (Å²) in [5.41, 5.74) is 0.781. The molecule has 0 aromatic heterocycles. The van der Waals surface area contributed by atoms with Gasteiger partial charge >= 0.3 is 5.97 Å². The van der Waals surface area contributed by atoms with Crippen molar-refractivity contribution in [3.05, 3.63) is 98.8 Å². The second-order valence-corrected chi connectivity index (χ2v) is 18.6. The molecule has 0 spiro atoms. The predicted molar refractivity (Wildman–Crippen MR) is 196 cm³/mol. The zero-order chi connectivity index (χ0) is 37.5. The van der Waals surface area contributed by atoms with Gasteiger partial charge in [0.05, 0.1) is 41.2 Å². The third kappa shape index (κ3) is 8.28. The number of sulfone groups is 1. The molecule has 8 nitrogen and oxygen atoms in total. The highest BCUT2D eigenvalue weighted by atomic mass is 35.5. The molecular weight excluding hydrogens is 716 g/mol. The monoisotopic (exact) mass is 759 g/mol. The van der Waals surface area contributed by atoms with Crippen LogP contribution >= 0.6 is 23.2 Å². The number of amides is 1. The lowest BCUT2D eigenvalue weighted by Crippen LogP contribution is -2.58. The van der Waals surface area contributed by atoms with E-state index in [0.717, 1.165) is 18.4 Å². The van der Waals surface area contributed by atoms with E-state index in [2.05, 4.69) is 0 Å². The van der Waals surface area contributed by atoms with E-state index in [4.69, 9.17) is 32.7 Å². The number of rotatable bonds is 12. The Balaban J connectivity index is 1.62. The maximum absolute atomic E-state index is 15.2. The smallest absolute Gasteiger partial charge is 0.341 e. The highest BCUT2D eigenvalue weighted by molar-refractivity contribution is 7.92.